The largest absolute Gasteiger partial charge is 0.416 e. The van der Waals surface area contributed by atoms with Gasteiger partial charge in [-0.25, -0.2) is 0 Å². The molecule has 1 unspecified atom stereocenters. The summed E-state index contributed by atoms with van der Waals surface area (Å²) in [4.78, 5) is 14.2. The van der Waals surface area contributed by atoms with Gasteiger partial charge < -0.3 is 10.2 Å². The maximum Gasteiger partial charge on any atom is 0.416 e. The molecular formula is C16H22ClF3N2O. The van der Waals surface area contributed by atoms with Crippen molar-refractivity contribution < 1.29 is 18.0 Å². The van der Waals surface area contributed by atoms with Crippen LogP contribution in [0.15, 0.2) is 24.3 Å². The third-order valence-electron chi connectivity index (χ3n) is 3.92. The van der Waals surface area contributed by atoms with Gasteiger partial charge in [0.05, 0.1) is 12.0 Å². The Morgan fingerprint density at radius 1 is 1.35 bits per heavy atom. The highest BCUT2D eigenvalue weighted by Gasteiger charge is 2.34. The molecule has 3 nitrogen and oxygen atoms in total. The fraction of sp³-hybridized carbons (Fsp3) is 0.562. The summed E-state index contributed by atoms with van der Waals surface area (Å²) in [5, 5.41) is 3.19. The molecular weight excluding hydrogens is 329 g/mol. The zero-order valence-electron chi connectivity index (χ0n) is 13.0. The molecule has 0 aliphatic carbocycles. The fourth-order valence-electron chi connectivity index (χ4n) is 2.87. The predicted molar refractivity (Wildman–Crippen MR) is 85.7 cm³/mol. The molecule has 1 aliphatic heterocycles. The number of benzene rings is 1. The van der Waals surface area contributed by atoms with Gasteiger partial charge in [0, 0.05) is 19.1 Å². The highest BCUT2D eigenvalue weighted by atomic mass is 35.5. The Kier molecular flexibility index (Phi) is 7.35. The van der Waals surface area contributed by atoms with Gasteiger partial charge in [0.15, 0.2) is 0 Å². The van der Waals surface area contributed by atoms with Gasteiger partial charge in [0.1, 0.15) is 0 Å². The zero-order chi connectivity index (χ0) is 16.2. The molecule has 7 heteroatoms. The Morgan fingerprint density at radius 2 is 2.04 bits per heavy atom. The minimum Gasteiger partial charge on any atom is -0.338 e. The molecule has 130 valence electrons. The van der Waals surface area contributed by atoms with E-state index in [0.29, 0.717) is 13.1 Å². The van der Waals surface area contributed by atoms with Crippen LogP contribution in [0, 0.1) is 0 Å². The summed E-state index contributed by atoms with van der Waals surface area (Å²) in [6.45, 7) is 4.11. The Balaban J connectivity index is 0.00000264. The first-order chi connectivity index (χ1) is 10.4. The first kappa shape index (κ1) is 19.8. The van der Waals surface area contributed by atoms with E-state index in [1.165, 1.54) is 12.1 Å². The lowest BCUT2D eigenvalue weighted by molar-refractivity contribution is -0.139. The maximum absolute atomic E-state index is 13.0. The fourth-order valence-corrected chi connectivity index (χ4v) is 2.87. The molecule has 23 heavy (non-hydrogen) atoms. The van der Waals surface area contributed by atoms with Gasteiger partial charge in [-0.3, -0.25) is 4.79 Å². The van der Waals surface area contributed by atoms with Gasteiger partial charge in [-0.05, 0) is 31.0 Å². The maximum atomic E-state index is 13.0. The van der Waals surface area contributed by atoms with E-state index in [9.17, 15) is 18.0 Å². The highest BCUT2D eigenvalue weighted by molar-refractivity contribution is 5.85. The van der Waals surface area contributed by atoms with Gasteiger partial charge in [0.2, 0.25) is 5.91 Å². The number of halogens is 4. The molecule has 1 aromatic carbocycles. The van der Waals surface area contributed by atoms with Crippen LogP contribution in [0.25, 0.3) is 0 Å². The van der Waals surface area contributed by atoms with Crippen LogP contribution in [0.3, 0.4) is 0 Å². The summed E-state index contributed by atoms with van der Waals surface area (Å²) in [5.41, 5.74) is -0.670. The van der Waals surface area contributed by atoms with E-state index in [1.54, 1.807) is 11.0 Å². The van der Waals surface area contributed by atoms with Crippen molar-refractivity contribution >= 4 is 18.3 Å². The molecule has 1 heterocycles. The van der Waals surface area contributed by atoms with Crippen LogP contribution in [0.5, 0.6) is 0 Å². The molecule has 0 bridgehead atoms. The van der Waals surface area contributed by atoms with Gasteiger partial charge in [-0.1, -0.05) is 25.1 Å². The molecule has 1 saturated heterocycles. The number of nitrogens with one attached hydrogen (secondary N) is 1. The van der Waals surface area contributed by atoms with E-state index in [4.69, 9.17) is 0 Å². The van der Waals surface area contributed by atoms with Crippen LogP contribution < -0.4 is 5.32 Å². The van der Waals surface area contributed by atoms with E-state index in [0.717, 1.165) is 25.5 Å². The summed E-state index contributed by atoms with van der Waals surface area (Å²) in [5.74, 6) is -0.229. The Morgan fingerprint density at radius 3 is 2.61 bits per heavy atom. The van der Waals surface area contributed by atoms with E-state index in [2.05, 4.69) is 5.32 Å². The van der Waals surface area contributed by atoms with Crippen LogP contribution in [0.4, 0.5) is 13.2 Å². The average Bonchev–Trinajstić information content (AvgIpc) is 2.98. The number of hydrogen-bond donors (Lipinski definition) is 1. The van der Waals surface area contributed by atoms with Gasteiger partial charge in [0.25, 0.3) is 0 Å². The minimum absolute atomic E-state index is 0. The number of alkyl halides is 3. The first-order valence-electron chi connectivity index (χ1n) is 7.58. The number of carbonyl (C=O) groups is 1. The lowest BCUT2D eigenvalue weighted by Crippen LogP contribution is -2.43. The third kappa shape index (κ3) is 5.11. The first-order valence-corrected chi connectivity index (χ1v) is 7.58. The number of carbonyl (C=O) groups excluding carboxylic acids is 1. The van der Waals surface area contributed by atoms with Crippen LogP contribution >= 0.6 is 12.4 Å². The quantitative estimate of drug-likeness (QED) is 0.884. The van der Waals surface area contributed by atoms with Crippen LogP contribution in [0.2, 0.25) is 0 Å². The molecule has 0 spiro atoms. The van der Waals surface area contributed by atoms with E-state index >= 15 is 0 Å². The van der Waals surface area contributed by atoms with E-state index < -0.39 is 11.7 Å². The normalized spacial score (nSPS) is 17.7. The summed E-state index contributed by atoms with van der Waals surface area (Å²) < 4.78 is 39.0. The summed E-state index contributed by atoms with van der Waals surface area (Å²) >= 11 is 0. The zero-order valence-corrected chi connectivity index (χ0v) is 13.8. The molecule has 1 aliphatic rings. The van der Waals surface area contributed by atoms with Crippen molar-refractivity contribution in [3.63, 3.8) is 0 Å². The second-order valence-corrected chi connectivity index (χ2v) is 5.57. The van der Waals surface area contributed by atoms with Gasteiger partial charge in [-0.2, -0.15) is 13.2 Å². The van der Waals surface area contributed by atoms with Crippen molar-refractivity contribution in [2.24, 2.45) is 0 Å². The van der Waals surface area contributed by atoms with Crippen LogP contribution in [0.1, 0.15) is 30.9 Å². The molecule has 1 amide bonds. The molecule has 1 atom stereocenters. The molecule has 1 fully saturated rings. The molecule has 0 saturated carbocycles. The highest BCUT2D eigenvalue weighted by Crippen LogP contribution is 2.32. The monoisotopic (exact) mass is 350 g/mol. The number of hydrogen-bond acceptors (Lipinski definition) is 2. The van der Waals surface area contributed by atoms with Crippen molar-refractivity contribution in [1.82, 2.24) is 10.2 Å². The summed E-state index contributed by atoms with van der Waals surface area (Å²) in [6, 6.07) is 5.40. The van der Waals surface area contributed by atoms with Crippen molar-refractivity contribution in [1.29, 1.82) is 0 Å². The summed E-state index contributed by atoms with van der Waals surface area (Å²) in [7, 11) is 0. The molecule has 0 radical (unpaired) electrons. The van der Waals surface area contributed by atoms with Gasteiger partial charge in [-0.15, -0.1) is 12.4 Å². The van der Waals surface area contributed by atoms with Gasteiger partial charge >= 0.3 is 6.18 Å². The SMILES string of the molecule is CCCN(C(=O)Cc1ccccc1C(F)(F)F)C1CCNC1.Cl. The predicted octanol–water partition coefficient (Wildman–Crippen LogP) is 3.27. The van der Waals surface area contributed by atoms with Crippen LogP contribution in [-0.4, -0.2) is 36.5 Å². The molecule has 2 rings (SSSR count). The third-order valence-corrected chi connectivity index (χ3v) is 3.92. The van der Waals surface area contributed by atoms with Crippen molar-refractivity contribution in [3.05, 3.63) is 35.4 Å². The lowest BCUT2D eigenvalue weighted by Gasteiger charge is -2.28. The number of amides is 1. The summed E-state index contributed by atoms with van der Waals surface area (Å²) in [6.07, 6.45) is -2.98. The van der Waals surface area contributed by atoms with Crippen molar-refractivity contribution in [2.75, 3.05) is 19.6 Å². The lowest BCUT2D eigenvalue weighted by atomic mass is 10.0. The van der Waals surface area contributed by atoms with E-state index in [1.807, 2.05) is 6.92 Å². The topological polar surface area (TPSA) is 32.3 Å². The standard InChI is InChI=1S/C16H21F3N2O.ClH/c1-2-9-21(13-7-8-20-11-13)15(22)10-12-5-3-4-6-14(12)16(17,18)19;/h3-6,13,20H,2,7-11H2,1H3;1H. The molecule has 1 N–H and O–H groups in total. The Hall–Kier alpha value is -1.27. The smallest absolute Gasteiger partial charge is 0.338 e. The number of rotatable bonds is 5. The van der Waals surface area contributed by atoms with Crippen molar-refractivity contribution in [2.45, 2.75) is 38.4 Å². The second kappa shape index (κ2) is 8.55. The average molecular weight is 351 g/mol. The van der Waals surface area contributed by atoms with Crippen LogP contribution in [-0.2, 0) is 17.4 Å². The minimum atomic E-state index is -4.43. The Bertz CT molecular complexity index is 516. The molecule has 0 aromatic heterocycles. The van der Waals surface area contributed by atoms with E-state index in [-0.39, 0.29) is 36.3 Å². The molecule has 1 aromatic rings. The Labute approximate surface area is 140 Å². The van der Waals surface area contributed by atoms with Crippen molar-refractivity contribution in [3.8, 4) is 0 Å². The number of nitrogens with zero attached hydrogens (tertiary/aromatic N) is 1. The second-order valence-electron chi connectivity index (χ2n) is 5.57.